The molecule has 0 unspecified atom stereocenters. The van der Waals surface area contributed by atoms with Gasteiger partial charge in [0.1, 0.15) is 24.2 Å². The lowest BCUT2D eigenvalue weighted by molar-refractivity contribution is -0.140. The normalized spacial score (nSPS) is 12.2. The van der Waals surface area contributed by atoms with E-state index in [4.69, 9.17) is 4.74 Å². The summed E-state index contributed by atoms with van der Waals surface area (Å²) in [4.78, 5) is 29.8. The Balaban J connectivity index is 1.80. The molecule has 0 bridgehead atoms. The lowest BCUT2D eigenvalue weighted by atomic mass is 10.0. The number of nitrogens with zero attached hydrogens (tertiary/aromatic N) is 2. The number of rotatable bonds is 13. The quantitative estimate of drug-likeness (QED) is 0.182. The van der Waals surface area contributed by atoms with Crippen LogP contribution in [0.1, 0.15) is 44.4 Å². The number of benzene rings is 4. The van der Waals surface area contributed by atoms with Crippen molar-refractivity contribution in [1.82, 2.24) is 10.2 Å². The molecule has 10 heteroatoms. The van der Waals surface area contributed by atoms with Gasteiger partial charge < -0.3 is 15.0 Å². The van der Waals surface area contributed by atoms with Crippen LogP contribution in [-0.2, 0) is 32.6 Å². The maximum absolute atomic E-state index is 14.5. The van der Waals surface area contributed by atoms with Crippen LogP contribution in [0.15, 0.2) is 108 Å². The predicted molar refractivity (Wildman–Crippen MR) is 182 cm³/mol. The lowest BCUT2D eigenvalue weighted by Crippen LogP contribution is -2.56. The molecule has 8 nitrogen and oxygen atoms in total. The Morgan fingerprint density at radius 3 is 2.04 bits per heavy atom. The number of ether oxygens (including phenoxy) is 1. The van der Waals surface area contributed by atoms with Crippen LogP contribution in [0.25, 0.3) is 0 Å². The molecule has 0 saturated carbocycles. The molecule has 0 heterocycles. The molecule has 1 N–H and O–H groups in total. The first-order valence-corrected chi connectivity index (χ1v) is 16.9. The number of hydrogen-bond acceptors (Lipinski definition) is 5. The number of aryl methyl sites for hydroxylation is 1. The first kappa shape index (κ1) is 35.2. The fourth-order valence-electron chi connectivity index (χ4n) is 5.03. The molecule has 1 atom stereocenters. The Hall–Kier alpha value is -4.70. The Kier molecular flexibility index (Phi) is 11.4. The number of carbonyl (C=O) groups is 2. The molecule has 47 heavy (non-hydrogen) atoms. The van der Waals surface area contributed by atoms with Crippen LogP contribution in [-0.4, -0.2) is 49.9 Å². The standard InChI is InChI=1S/C37H42FN3O5S/c1-6-46-32-20-22-33(23-21-32)47(44,45)41(31-18-16-30(38)17-19-31)26-35(42)40(25-29-14-12-27(2)13-15-29)34(36(43)39-37(3,4)5)24-28-10-8-7-9-11-28/h7-23,34H,6,24-26H2,1-5H3,(H,39,43)/t34-/m0/s1. The molecule has 4 aromatic rings. The first-order chi connectivity index (χ1) is 22.3. The van der Waals surface area contributed by atoms with Gasteiger partial charge in [-0.15, -0.1) is 0 Å². The summed E-state index contributed by atoms with van der Waals surface area (Å²) in [7, 11) is -4.33. The molecular formula is C37H42FN3O5S. The Morgan fingerprint density at radius 2 is 1.47 bits per heavy atom. The van der Waals surface area contributed by atoms with Gasteiger partial charge in [0.25, 0.3) is 10.0 Å². The van der Waals surface area contributed by atoms with Crippen molar-refractivity contribution in [3.05, 3.63) is 126 Å². The van der Waals surface area contributed by atoms with E-state index in [1.54, 1.807) is 0 Å². The van der Waals surface area contributed by atoms with E-state index in [-0.39, 0.29) is 29.5 Å². The van der Waals surface area contributed by atoms with Crippen molar-refractivity contribution >= 4 is 27.5 Å². The van der Waals surface area contributed by atoms with Gasteiger partial charge in [0.15, 0.2) is 0 Å². The number of carbonyl (C=O) groups excluding carboxylic acids is 2. The summed E-state index contributed by atoms with van der Waals surface area (Å²) in [6.07, 6.45) is 0.197. The van der Waals surface area contributed by atoms with Crippen molar-refractivity contribution in [1.29, 1.82) is 0 Å². The van der Waals surface area contributed by atoms with Crippen molar-refractivity contribution in [3.8, 4) is 5.75 Å². The molecule has 0 spiro atoms. The summed E-state index contributed by atoms with van der Waals surface area (Å²) >= 11 is 0. The summed E-state index contributed by atoms with van der Waals surface area (Å²) < 4.78 is 48.7. The van der Waals surface area contributed by atoms with Crippen LogP contribution in [0.5, 0.6) is 5.75 Å². The third-order valence-corrected chi connectivity index (χ3v) is 9.15. The number of halogens is 1. The maximum Gasteiger partial charge on any atom is 0.264 e. The fourth-order valence-corrected chi connectivity index (χ4v) is 6.45. The Labute approximate surface area is 277 Å². The van der Waals surface area contributed by atoms with Crippen LogP contribution in [0.4, 0.5) is 10.1 Å². The second kappa shape index (κ2) is 15.3. The zero-order valence-corrected chi connectivity index (χ0v) is 28.3. The van der Waals surface area contributed by atoms with Gasteiger partial charge in [-0.2, -0.15) is 0 Å². The minimum absolute atomic E-state index is 0.0501. The molecule has 4 rings (SSSR count). The number of hydrogen-bond donors (Lipinski definition) is 1. The molecule has 0 aliphatic heterocycles. The molecule has 0 aromatic heterocycles. The van der Waals surface area contributed by atoms with Gasteiger partial charge in [0.05, 0.1) is 17.2 Å². The average Bonchev–Trinajstić information content (AvgIpc) is 3.03. The maximum atomic E-state index is 14.5. The largest absolute Gasteiger partial charge is 0.494 e. The Morgan fingerprint density at radius 1 is 0.851 bits per heavy atom. The van der Waals surface area contributed by atoms with Crippen LogP contribution >= 0.6 is 0 Å². The van der Waals surface area contributed by atoms with E-state index in [0.29, 0.717) is 12.4 Å². The van der Waals surface area contributed by atoms with E-state index in [1.807, 2.05) is 89.2 Å². The van der Waals surface area contributed by atoms with Crippen molar-refractivity contribution in [2.45, 2.75) is 64.1 Å². The SMILES string of the molecule is CCOc1ccc(S(=O)(=O)N(CC(=O)N(Cc2ccc(C)cc2)[C@@H](Cc2ccccc2)C(=O)NC(C)(C)C)c2ccc(F)cc2)cc1. The molecule has 0 aliphatic carbocycles. The topological polar surface area (TPSA) is 96.0 Å². The highest BCUT2D eigenvalue weighted by atomic mass is 32.2. The average molecular weight is 660 g/mol. The predicted octanol–water partition coefficient (Wildman–Crippen LogP) is 6.28. The Bertz CT molecular complexity index is 1740. The summed E-state index contributed by atoms with van der Waals surface area (Å²) in [6, 6.07) is 26.8. The van der Waals surface area contributed by atoms with Crippen molar-refractivity contribution in [2.75, 3.05) is 17.5 Å². The minimum atomic E-state index is -4.33. The highest BCUT2D eigenvalue weighted by molar-refractivity contribution is 7.92. The third kappa shape index (κ3) is 9.65. The summed E-state index contributed by atoms with van der Waals surface area (Å²) in [5.74, 6) is -1.03. The number of amides is 2. The smallest absolute Gasteiger partial charge is 0.264 e. The van der Waals surface area contributed by atoms with Gasteiger partial charge >= 0.3 is 0 Å². The summed E-state index contributed by atoms with van der Waals surface area (Å²) in [5.41, 5.74) is 2.14. The van der Waals surface area contributed by atoms with E-state index in [2.05, 4.69) is 5.32 Å². The van der Waals surface area contributed by atoms with Crippen molar-refractivity contribution in [2.24, 2.45) is 0 Å². The monoisotopic (exact) mass is 659 g/mol. The van der Waals surface area contributed by atoms with Gasteiger partial charge in [-0.25, -0.2) is 12.8 Å². The summed E-state index contributed by atoms with van der Waals surface area (Å²) in [5, 5.41) is 3.01. The highest BCUT2D eigenvalue weighted by Crippen LogP contribution is 2.27. The van der Waals surface area contributed by atoms with Crippen molar-refractivity contribution < 1.29 is 27.1 Å². The molecule has 4 aromatic carbocycles. The molecule has 248 valence electrons. The van der Waals surface area contributed by atoms with Gasteiger partial charge in [-0.1, -0.05) is 60.2 Å². The van der Waals surface area contributed by atoms with Gasteiger partial charge in [0, 0.05) is 18.5 Å². The van der Waals surface area contributed by atoms with E-state index < -0.39 is 39.9 Å². The van der Waals surface area contributed by atoms with Gasteiger partial charge in [-0.05, 0) is 94.3 Å². The number of sulfonamides is 1. The molecule has 2 amide bonds. The number of anilines is 1. The molecule has 0 saturated heterocycles. The number of nitrogens with one attached hydrogen (secondary N) is 1. The van der Waals surface area contributed by atoms with E-state index >= 15 is 0 Å². The van der Waals surface area contributed by atoms with Crippen molar-refractivity contribution in [3.63, 3.8) is 0 Å². The molecule has 0 aliphatic rings. The third-order valence-electron chi connectivity index (χ3n) is 7.36. The fraction of sp³-hybridized carbons (Fsp3) is 0.297. The summed E-state index contributed by atoms with van der Waals surface area (Å²) in [6.45, 7) is 9.17. The molecule has 0 radical (unpaired) electrons. The van der Waals surface area contributed by atoms with E-state index in [9.17, 15) is 22.4 Å². The molecule has 0 fully saturated rings. The zero-order chi connectivity index (χ0) is 34.2. The van der Waals surface area contributed by atoms with Gasteiger partial charge in [0.2, 0.25) is 11.8 Å². The second-order valence-electron chi connectivity index (χ2n) is 12.3. The minimum Gasteiger partial charge on any atom is -0.494 e. The highest BCUT2D eigenvalue weighted by Gasteiger charge is 2.35. The van der Waals surface area contributed by atoms with Crippen LogP contribution in [0, 0.1) is 12.7 Å². The second-order valence-corrected chi connectivity index (χ2v) is 14.2. The van der Waals surface area contributed by atoms with Crippen LogP contribution in [0.2, 0.25) is 0 Å². The van der Waals surface area contributed by atoms with E-state index in [0.717, 1.165) is 33.1 Å². The molecular weight excluding hydrogens is 617 g/mol. The zero-order valence-electron chi connectivity index (χ0n) is 27.4. The van der Waals surface area contributed by atoms with E-state index in [1.165, 1.54) is 41.3 Å². The first-order valence-electron chi connectivity index (χ1n) is 15.5. The van der Waals surface area contributed by atoms with Crippen LogP contribution < -0.4 is 14.4 Å². The van der Waals surface area contributed by atoms with Gasteiger partial charge in [-0.3, -0.25) is 13.9 Å². The lowest BCUT2D eigenvalue weighted by Gasteiger charge is -2.35. The van der Waals surface area contributed by atoms with Crippen LogP contribution in [0.3, 0.4) is 0 Å².